The topological polar surface area (TPSA) is 108 Å². The van der Waals surface area contributed by atoms with E-state index in [0.29, 0.717) is 31.7 Å². The lowest BCUT2D eigenvalue weighted by Crippen LogP contribution is -2.51. The van der Waals surface area contributed by atoms with Gasteiger partial charge < -0.3 is 9.80 Å². The Hall–Kier alpha value is -3.01. The Balaban J connectivity index is 1.44. The van der Waals surface area contributed by atoms with Crippen LogP contribution < -0.4 is 9.62 Å². The zero-order valence-electron chi connectivity index (χ0n) is 18.7. The summed E-state index contributed by atoms with van der Waals surface area (Å²) in [7, 11) is -3.63. The second-order valence-corrected chi connectivity index (χ2v) is 10.1. The summed E-state index contributed by atoms with van der Waals surface area (Å²) in [4.78, 5) is 30.7. The number of benzene rings is 1. The first-order valence-corrected chi connectivity index (χ1v) is 12.2. The highest BCUT2D eigenvalue weighted by Gasteiger charge is 2.32. The van der Waals surface area contributed by atoms with E-state index in [2.05, 4.69) is 38.4 Å². The van der Waals surface area contributed by atoms with Gasteiger partial charge in [0, 0.05) is 49.4 Å². The van der Waals surface area contributed by atoms with Crippen molar-refractivity contribution >= 4 is 27.6 Å². The van der Waals surface area contributed by atoms with E-state index in [1.165, 1.54) is 6.07 Å². The molecule has 0 spiro atoms. The van der Waals surface area contributed by atoms with Crippen molar-refractivity contribution in [1.29, 1.82) is 0 Å². The van der Waals surface area contributed by atoms with Crippen LogP contribution >= 0.6 is 0 Å². The first-order valence-electron chi connectivity index (χ1n) is 10.7. The predicted octanol–water partition coefficient (Wildman–Crippen LogP) is 1.68. The van der Waals surface area contributed by atoms with Gasteiger partial charge >= 0.3 is 0 Å². The minimum absolute atomic E-state index is 0.123. The number of nitrogens with zero attached hydrogens (tertiary/aromatic N) is 5. The lowest BCUT2D eigenvalue weighted by atomic mass is 10.2. The monoisotopic (exact) mass is 456 g/mol. The van der Waals surface area contributed by atoms with Crippen LogP contribution in [-0.4, -0.2) is 67.2 Å². The molecule has 32 heavy (non-hydrogen) atoms. The SMILES string of the molecule is Cc1cc(N2CCN(C(=O)C(C)N=C3NS(=O)(=O)c4ccccc43)CC2)nc(C(C)C)n1. The molecule has 1 aromatic carbocycles. The first kappa shape index (κ1) is 22.2. The number of nitrogens with one attached hydrogen (secondary N) is 1. The highest BCUT2D eigenvalue weighted by Crippen LogP contribution is 2.23. The first-order chi connectivity index (χ1) is 15.2. The molecule has 1 aromatic heterocycles. The van der Waals surface area contributed by atoms with Crippen molar-refractivity contribution in [2.75, 3.05) is 31.1 Å². The molecular formula is C22H28N6O3S. The molecule has 2 aliphatic rings. The summed E-state index contributed by atoms with van der Waals surface area (Å²) >= 11 is 0. The second-order valence-electron chi connectivity index (χ2n) is 8.45. The average Bonchev–Trinajstić information content (AvgIpc) is 3.03. The van der Waals surface area contributed by atoms with E-state index in [4.69, 9.17) is 0 Å². The number of rotatable bonds is 4. The maximum atomic E-state index is 13.0. The van der Waals surface area contributed by atoms with Crippen LogP contribution in [0.5, 0.6) is 0 Å². The summed E-state index contributed by atoms with van der Waals surface area (Å²) in [5.41, 5.74) is 1.43. The van der Waals surface area contributed by atoms with E-state index in [9.17, 15) is 13.2 Å². The van der Waals surface area contributed by atoms with Crippen LogP contribution in [0.25, 0.3) is 0 Å². The molecule has 10 heteroatoms. The molecule has 1 fully saturated rings. The number of amides is 1. The summed E-state index contributed by atoms with van der Waals surface area (Å²) in [6, 6.07) is 7.92. The summed E-state index contributed by atoms with van der Waals surface area (Å²) in [6.07, 6.45) is 0. The largest absolute Gasteiger partial charge is 0.353 e. The van der Waals surface area contributed by atoms with Gasteiger partial charge in [-0.25, -0.2) is 18.4 Å². The Labute approximate surface area is 188 Å². The quantitative estimate of drug-likeness (QED) is 0.750. The van der Waals surface area contributed by atoms with Gasteiger partial charge in [-0.2, -0.15) is 0 Å². The minimum Gasteiger partial charge on any atom is -0.353 e. The zero-order chi connectivity index (χ0) is 23.0. The van der Waals surface area contributed by atoms with Crippen LogP contribution in [0, 0.1) is 6.92 Å². The summed E-state index contributed by atoms with van der Waals surface area (Å²) < 4.78 is 27.0. The molecule has 0 aliphatic carbocycles. The third-order valence-electron chi connectivity index (χ3n) is 5.63. The van der Waals surface area contributed by atoms with Crippen molar-refractivity contribution in [1.82, 2.24) is 19.6 Å². The third kappa shape index (κ3) is 4.32. The molecule has 2 aromatic rings. The van der Waals surface area contributed by atoms with Gasteiger partial charge in [-0.15, -0.1) is 0 Å². The number of fused-ring (bicyclic) bond motifs is 1. The molecule has 3 heterocycles. The number of piperazine rings is 1. The molecule has 0 radical (unpaired) electrons. The summed E-state index contributed by atoms with van der Waals surface area (Å²) in [5, 5.41) is 0. The molecule has 0 bridgehead atoms. The highest BCUT2D eigenvalue weighted by molar-refractivity contribution is 7.90. The Morgan fingerprint density at radius 1 is 1.09 bits per heavy atom. The summed E-state index contributed by atoms with van der Waals surface area (Å²) in [6.45, 7) is 10.2. The Morgan fingerprint density at radius 2 is 1.78 bits per heavy atom. The fourth-order valence-corrected chi connectivity index (χ4v) is 5.13. The average molecular weight is 457 g/mol. The lowest BCUT2D eigenvalue weighted by Gasteiger charge is -2.36. The van der Waals surface area contributed by atoms with Crippen molar-refractivity contribution in [2.45, 2.75) is 44.6 Å². The van der Waals surface area contributed by atoms with Crippen LogP contribution in [0.3, 0.4) is 0 Å². The standard InChI is InChI=1S/C22H28N6O3S/c1-14(2)20-23-15(3)13-19(25-20)27-9-11-28(12-10-27)22(29)16(4)24-21-17-7-5-6-8-18(17)32(30,31)26-21/h5-8,13-14,16H,9-12H2,1-4H3,(H,24,26). The Kier molecular flexibility index (Phi) is 5.89. The van der Waals surface area contributed by atoms with Gasteiger partial charge in [0.05, 0.1) is 4.90 Å². The molecule has 1 atom stereocenters. The van der Waals surface area contributed by atoms with Crippen LogP contribution in [0.15, 0.2) is 40.2 Å². The number of hydrogen-bond acceptors (Lipinski definition) is 7. The van der Waals surface area contributed by atoms with Gasteiger partial charge in [-0.1, -0.05) is 26.0 Å². The molecule has 2 aliphatic heterocycles. The molecule has 1 amide bonds. The number of carbonyl (C=O) groups excluding carboxylic acids is 1. The summed E-state index contributed by atoms with van der Waals surface area (Å²) in [5.74, 6) is 2.05. The number of amidine groups is 1. The fourth-order valence-electron chi connectivity index (χ4n) is 3.89. The predicted molar refractivity (Wildman–Crippen MR) is 122 cm³/mol. The Bertz CT molecular complexity index is 1170. The van der Waals surface area contributed by atoms with E-state index in [1.54, 1.807) is 30.0 Å². The molecule has 0 saturated carbocycles. The number of anilines is 1. The second kappa shape index (κ2) is 8.50. The van der Waals surface area contributed by atoms with Gasteiger partial charge in [-0.05, 0) is 26.0 Å². The number of aromatic nitrogens is 2. The van der Waals surface area contributed by atoms with Gasteiger partial charge in [0.15, 0.2) is 0 Å². The van der Waals surface area contributed by atoms with Crippen LogP contribution in [0.1, 0.15) is 43.8 Å². The maximum Gasteiger partial charge on any atom is 0.263 e. The van der Waals surface area contributed by atoms with E-state index in [-0.39, 0.29) is 22.6 Å². The number of aryl methyl sites for hydroxylation is 1. The van der Waals surface area contributed by atoms with E-state index < -0.39 is 16.1 Å². The molecule has 4 rings (SSSR count). The van der Waals surface area contributed by atoms with Crippen molar-refractivity contribution in [3.63, 3.8) is 0 Å². The number of aliphatic imine (C=N–C) groups is 1. The fraction of sp³-hybridized carbons (Fsp3) is 0.455. The molecule has 1 saturated heterocycles. The molecule has 9 nitrogen and oxygen atoms in total. The normalized spacial score (nSPS) is 19.7. The van der Waals surface area contributed by atoms with Crippen LogP contribution in [-0.2, 0) is 14.8 Å². The highest BCUT2D eigenvalue weighted by atomic mass is 32.2. The van der Waals surface area contributed by atoms with Crippen molar-refractivity contribution in [2.24, 2.45) is 4.99 Å². The van der Waals surface area contributed by atoms with E-state index in [0.717, 1.165) is 17.3 Å². The Morgan fingerprint density at radius 3 is 2.47 bits per heavy atom. The van der Waals surface area contributed by atoms with Crippen molar-refractivity contribution in [3.8, 4) is 0 Å². The molecule has 170 valence electrons. The van der Waals surface area contributed by atoms with Crippen molar-refractivity contribution in [3.05, 3.63) is 47.4 Å². The molecule has 1 N–H and O–H groups in total. The van der Waals surface area contributed by atoms with Gasteiger partial charge in [0.25, 0.3) is 10.0 Å². The lowest BCUT2D eigenvalue weighted by molar-refractivity contribution is -0.132. The van der Waals surface area contributed by atoms with Crippen LogP contribution in [0.2, 0.25) is 0 Å². The minimum atomic E-state index is -3.63. The number of sulfonamides is 1. The zero-order valence-corrected chi connectivity index (χ0v) is 19.6. The number of carbonyl (C=O) groups is 1. The molecule has 1 unspecified atom stereocenters. The van der Waals surface area contributed by atoms with Crippen LogP contribution in [0.4, 0.5) is 5.82 Å². The van der Waals surface area contributed by atoms with E-state index >= 15 is 0 Å². The van der Waals surface area contributed by atoms with Gasteiger partial charge in [-0.3, -0.25) is 14.5 Å². The smallest absolute Gasteiger partial charge is 0.263 e. The maximum absolute atomic E-state index is 13.0. The number of hydrogen-bond donors (Lipinski definition) is 1. The third-order valence-corrected chi connectivity index (χ3v) is 7.03. The molecular weight excluding hydrogens is 428 g/mol. The van der Waals surface area contributed by atoms with E-state index in [1.807, 2.05) is 13.0 Å². The van der Waals surface area contributed by atoms with Gasteiger partial charge in [0.2, 0.25) is 5.91 Å². The van der Waals surface area contributed by atoms with Crippen molar-refractivity contribution < 1.29 is 13.2 Å². The van der Waals surface area contributed by atoms with Gasteiger partial charge in [0.1, 0.15) is 23.5 Å².